The number of rotatable bonds is 8. The SMILES string of the molecule is COc1c[c]ccc1OCCCN1CCN(c2nn(C(=O)c3ccccc3)c3cc(F)ccc23)CC1. The Morgan fingerprint density at radius 2 is 1.86 bits per heavy atom. The number of aromatic nitrogens is 2. The van der Waals surface area contributed by atoms with E-state index in [1.807, 2.05) is 18.2 Å². The third-order valence-corrected chi connectivity index (χ3v) is 6.39. The molecule has 1 radical (unpaired) electrons. The normalized spacial score (nSPS) is 14.2. The van der Waals surface area contributed by atoms with Crippen molar-refractivity contribution >= 4 is 22.6 Å². The van der Waals surface area contributed by atoms with Crippen LogP contribution in [0.15, 0.2) is 66.7 Å². The molecule has 1 aliphatic rings. The summed E-state index contributed by atoms with van der Waals surface area (Å²) in [5.74, 6) is 1.46. The van der Waals surface area contributed by atoms with Crippen LogP contribution in [0.4, 0.5) is 10.2 Å². The molecule has 2 heterocycles. The van der Waals surface area contributed by atoms with Gasteiger partial charge in [-0.3, -0.25) is 9.69 Å². The molecular formula is C28H28FN4O3. The number of halogens is 1. The molecule has 0 unspecified atom stereocenters. The van der Waals surface area contributed by atoms with Crippen LogP contribution in [0.5, 0.6) is 11.5 Å². The van der Waals surface area contributed by atoms with Gasteiger partial charge in [-0.2, -0.15) is 4.68 Å². The van der Waals surface area contributed by atoms with E-state index in [1.54, 1.807) is 43.5 Å². The van der Waals surface area contributed by atoms with Crippen LogP contribution in [0.3, 0.4) is 0 Å². The van der Waals surface area contributed by atoms with Crippen LogP contribution in [-0.2, 0) is 0 Å². The highest BCUT2D eigenvalue weighted by atomic mass is 19.1. The Labute approximate surface area is 209 Å². The lowest BCUT2D eigenvalue weighted by Crippen LogP contribution is -2.47. The maximum atomic E-state index is 14.1. The van der Waals surface area contributed by atoms with Crippen molar-refractivity contribution in [3.63, 3.8) is 0 Å². The number of fused-ring (bicyclic) bond motifs is 1. The number of methoxy groups -OCH3 is 1. The van der Waals surface area contributed by atoms with Crippen LogP contribution in [0, 0.1) is 11.9 Å². The largest absolute Gasteiger partial charge is 0.493 e. The van der Waals surface area contributed by atoms with Crippen molar-refractivity contribution in [2.75, 3.05) is 51.3 Å². The second-order valence-corrected chi connectivity index (χ2v) is 8.68. The highest BCUT2D eigenvalue weighted by Crippen LogP contribution is 2.29. The fraction of sp³-hybridized carbons (Fsp3) is 0.286. The van der Waals surface area contributed by atoms with Crippen molar-refractivity contribution in [2.45, 2.75) is 6.42 Å². The number of carbonyl (C=O) groups is 1. The molecule has 4 aromatic rings. The minimum Gasteiger partial charge on any atom is -0.493 e. The zero-order chi connectivity index (χ0) is 24.9. The molecule has 0 spiro atoms. The van der Waals surface area contributed by atoms with Gasteiger partial charge in [-0.25, -0.2) is 4.39 Å². The number of anilines is 1. The molecule has 185 valence electrons. The van der Waals surface area contributed by atoms with Crippen LogP contribution in [0.1, 0.15) is 16.8 Å². The van der Waals surface area contributed by atoms with Gasteiger partial charge < -0.3 is 14.4 Å². The molecule has 7 nitrogen and oxygen atoms in total. The van der Waals surface area contributed by atoms with Gasteiger partial charge in [0.05, 0.1) is 19.2 Å². The quantitative estimate of drug-likeness (QED) is 0.346. The summed E-state index contributed by atoms with van der Waals surface area (Å²) in [6.45, 7) is 4.79. The Bertz CT molecular complexity index is 1330. The molecule has 0 saturated carbocycles. The Morgan fingerprint density at radius 1 is 1.06 bits per heavy atom. The number of hydrogen-bond acceptors (Lipinski definition) is 6. The van der Waals surface area contributed by atoms with Gasteiger partial charge in [0, 0.05) is 49.7 Å². The molecule has 1 aliphatic heterocycles. The van der Waals surface area contributed by atoms with E-state index < -0.39 is 5.82 Å². The zero-order valence-electron chi connectivity index (χ0n) is 20.2. The predicted octanol–water partition coefficient (Wildman–Crippen LogP) is 4.26. The average Bonchev–Trinajstić information content (AvgIpc) is 3.30. The summed E-state index contributed by atoms with van der Waals surface area (Å²) in [6.07, 6.45) is 0.893. The van der Waals surface area contributed by atoms with E-state index in [-0.39, 0.29) is 5.91 Å². The summed E-state index contributed by atoms with van der Waals surface area (Å²) in [5, 5.41) is 5.43. The zero-order valence-corrected chi connectivity index (χ0v) is 20.2. The number of ether oxygens (including phenoxy) is 2. The molecule has 5 rings (SSSR count). The van der Waals surface area contributed by atoms with Gasteiger partial charge in [0.15, 0.2) is 17.3 Å². The van der Waals surface area contributed by atoms with Crippen molar-refractivity contribution < 1.29 is 18.7 Å². The summed E-state index contributed by atoms with van der Waals surface area (Å²) < 4.78 is 26.6. The second-order valence-electron chi connectivity index (χ2n) is 8.68. The summed E-state index contributed by atoms with van der Waals surface area (Å²) in [5.41, 5.74) is 0.989. The van der Waals surface area contributed by atoms with Gasteiger partial charge in [0.2, 0.25) is 0 Å². The van der Waals surface area contributed by atoms with E-state index in [4.69, 9.17) is 9.47 Å². The van der Waals surface area contributed by atoms with Crippen molar-refractivity contribution in [3.05, 3.63) is 84.2 Å². The molecule has 1 fully saturated rings. The highest BCUT2D eigenvalue weighted by Gasteiger charge is 2.24. The molecule has 3 aromatic carbocycles. The molecule has 36 heavy (non-hydrogen) atoms. The molecule has 8 heteroatoms. The van der Waals surface area contributed by atoms with Crippen LogP contribution in [0.2, 0.25) is 0 Å². The van der Waals surface area contributed by atoms with E-state index in [0.717, 1.165) is 50.3 Å². The van der Waals surface area contributed by atoms with Crippen LogP contribution in [-0.4, -0.2) is 67.0 Å². The monoisotopic (exact) mass is 487 g/mol. The topological polar surface area (TPSA) is 59.8 Å². The van der Waals surface area contributed by atoms with Crippen molar-refractivity contribution in [1.82, 2.24) is 14.7 Å². The molecule has 0 aliphatic carbocycles. The van der Waals surface area contributed by atoms with Crippen LogP contribution in [0.25, 0.3) is 10.9 Å². The molecule has 1 aromatic heterocycles. The Hall–Kier alpha value is -3.91. The van der Waals surface area contributed by atoms with Gasteiger partial charge in [-0.05, 0) is 48.9 Å². The molecular weight excluding hydrogens is 459 g/mol. The summed E-state index contributed by atoms with van der Waals surface area (Å²) >= 11 is 0. The lowest BCUT2D eigenvalue weighted by atomic mass is 10.2. The first-order chi connectivity index (χ1) is 17.6. The maximum absolute atomic E-state index is 14.1. The number of carbonyl (C=O) groups excluding carboxylic acids is 1. The summed E-state index contributed by atoms with van der Waals surface area (Å²) in [7, 11) is 1.62. The number of benzene rings is 3. The average molecular weight is 488 g/mol. The van der Waals surface area contributed by atoms with E-state index in [1.165, 1.54) is 16.8 Å². The van der Waals surface area contributed by atoms with Gasteiger partial charge in [-0.15, -0.1) is 5.10 Å². The predicted molar refractivity (Wildman–Crippen MR) is 136 cm³/mol. The second kappa shape index (κ2) is 10.8. The van der Waals surface area contributed by atoms with Gasteiger partial charge in [0.25, 0.3) is 5.91 Å². The van der Waals surface area contributed by atoms with Gasteiger partial charge in [-0.1, -0.05) is 24.3 Å². The molecule has 0 bridgehead atoms. The van der Waals surface area contributed by atoms with Gasteiger partial charge >= 0.3 is 0 Å². The molecule has 0 N–H and O–H groups in total. The Morgan fingerprint density at radius 3 is 2.64 bits per heavy atom. The van der Waals surface area contributed by atoms with E-state index >= 15 is 0 Å². The standard InChI is InChI=1S/C28H28FN4O3/c1-35-25-10-5-6-11-26(25)36-19-7-14-31-15-17-32(18-16-31)27-23-13-12-22(29)20-24(23)33(30-27)28(34)21-8-3-2-4-9-21/h2-4,6,8-13,20H,7,14-19H2,1H3. The van der Waals surface area contributed by atoms with Crippen molar-refractivity contribution in [1.29, 1.82) is 0 Å². The van der Waals surface area contributed by atoms with Crippen molar-refractivity contribution in [2.24, 2.45) is 0 Å². The van der Waals surface area contributed by atoms with Crippen LogP contribution >= 0.6 is 0 Å². The first-order valence-corrected chi connectivity index (χ1v) is 12.1. The van der Waals surface area contributed by atoms with Crippen LogP contribution < -0.4 is 14.4 Å². The Kier molecular flexibility index (Phi) is 7.13. The summed E-state index contributed by atoms with van der Waals surface area (Å²) in [4.78, 5) is 17.7. The molecule has 0 atom stereocenters. The fourth-order valence-corrected chi connectivity index (χ4v) is 4.50. The minimum atomic E-state index is -0.394. The first kappa shape index (κ1) is 23.8. The summed E-state index contributed by atoms with van der Waals surface area (Å²) in [6, 6.07) is 21.9. The molecule has 0 amide bonds. The number of hydrogen-bond donors (Lipinski definition) is 0. The third-order valence-electron chi connectivity index (χ3n) is 6.39. The number of nitrogens with zero attached hydrogens (tertiary/aromatic N) is 4. The van der Waals surface area contributed by atoms with Crippen molar-refractivity contribution in [3.8, 4) is 11.5 Å². The van der Waals surface area contributed by atoms with E-state index in [0.29, 0.717) is 29.3 Å². The molecule has 1 saturated heterocycles. The smallest absolute Gasteiger partial charge is 0.278 e. The highest BCUT2D eigenvalue weighted by molar-refractivity contribution is 6.03. The fourth-order valence-electron chi connectivity index (χ4n) is 4.50. The first-order valence-electron chi connectivity index (χ1n) is 12.1. The maximum Gasteiger partial charge on any atom is 0.278 e. The lowest BCUT2D eigenvalue weighted by Gasteiger charge is -2.35. The lowest BCUT2D eigenvalue weighted by molar-refractivity contribution is 0.0950. The Balaban J connectivity index is 1.22. The third kappa shape index (κ3) is 5.04. The van der Waals surface area contributed by atoms with E-state index in [9.17, 15) is 9.18 Å². The van der Waals surface area contributed by atoms with E-state index in [2.05, 4.69) is 21.0 Å². The minimum absolute atomic E-state index is 0.274. The van der Waals surface area contributed by atoms with Gasteiger partial charge in [0.1, 0.15) is 5.82 Å². The number of piperazine rings is 1.